The van der Waals surface area contributed by atoms with E-state index < -0.39 is 0 Å². The van der Waals surface area contributed by atoms with Crippen molar-refractivity contribution in [3.63, 3.8) is 0 Å². The van der Waals surface area contributed by atoms with Gasteiger partial charge in [0.1, 0.15) is 11.5 Å². The molecule has 1 amide bonds. The molecule has 166 valence electrons. The van der Waals surface area contributed by atoms with Gasteiger partial charge in [0, 0.05) is 32.7 Å². The van der Waals surface area contributed by atoms with Gasteiger partial charge >= 0.3 is 5.97 Å². The molecule has 2 heterocycles. The van der Waals surface area contributed by atoms with Gasteiger partial charge in [-0.25, -0.2) is 0 Å². The Hall–Kier alpha value is -3.58. The minimum absolute atomic E-state index is 0.0531. The van der Waals surface area contributed by atoms with Gasteiger partial charge in [-0.3, -0.25) is 14.5 Å². The van der Waals surface area contributed by atoms with Crippen LogP contribution in [0.15, 0.2) is 71.3 Å². The highest BCUT2D eigenvalue weighted by molar-refractivity contribution is 5.91. The Labute approximate surface area is 187 Å². The highest BCUT2D eigenvalue weighted by Crippen LogP contribution is 2.24. The number of hydrogen-bond acceptors (Lipinski definition) is 6. The first-order valence-corrected chi connectivity index (χ1v) is 10.6. The summed E-state index contributed by atoms with van der Waals surface area (Å²) in [6.45, 7) is 3.75. The Balaban J connectivity index is 1.30. The van der Waals surface area contributed by atoms with Gasteiger partial charge in [0.15, 0.2) is 5.76 Å². The van der Waals surface area contributed by atoms with Crippen LogP contribution in [0.2, 0.25) is 0 Å². The zero-order chi connectivity index (χ0) is 22.3. The zero-order valence-electron chi connectivity index (χ0n) is 18.0. The Morgan fingerprint density at radius 2 is 1.69 bits per heavy atom. The molecule has 0 radical (unpaired) electrons. The Kier molecular flexibility index (Phi) is 6.87. The number of ether oxygens (including phenoxy) is 2. The van der Waals surface area contributed by atoms with E-state index in [4.69, 9.17) is 13.9 Å². The standard InChI is InChI=1S/C25H26N2O5/c1-30-24(28)17-19-7-9-21(10-8-19)32-22-5-2-4-20(16-22)18-26-11-13-27(14-12-26)25(29)23-6-3-15-31-23/h2-10,15-16H,11-14,17-18H2,1H3. The van der Waals surface area contributed by atoms with Crippen LogP contribution < -0.4 is 4.74 Å². The first kappa shape index (κ1) is 21.6. The fraction of sp³-hybridized carbons (Fsp3) is 0.280. The van der Waals surface area contributed by atoms with E-state index in [1.807, 2.05) is 47.4 Å². The number of carbonyl (C=O) groups excluding carboxylic acids is 2. The number of hydrogen-bond donors (Lipinski definition) is 0. The van der Waals surface area contributed by atoms with Crippen LogP contribution >= 0.6 is 0 Å². The molecule has 0 saturated carbocycles. The second-order valence-electron chi connectivity index (χ2n) is 7.69. The van der Waals surface area contributed by atoms with E-state index in [0.29, 0.717) is 24.6 Å². The number of benzene rings is 2. The van der Waals surface area contributed by atoms with Gasteiger partial charge in [0.05, 0.1) is 19.8 Å². The van der Waals surface area contributed by atoms with Crippen molar-refractivity contribution in [2.45, 2.75) is 13.0 Å². The lowest BCUT2D eigenvalue weighted by molar-refractivity contribution is -0.139. The molecule has 4 rings (SSSR count). The van der Waals surface area contributed by atoms with Gasteiger partial charge in [0.2, 0.25) is 0 Å². The third kappa shape index (κ3) is 5.56. The summed E-state index contributed by atoms with van der Waals surface area (Å²) in [6, 6.07) is 18.9. The topological polar surface area (TPSA) is 72.2 Å². The van der Waals surface area contributed by atoms with E-state index in [-0.39, 0.29) is 18.3 Å². The molecule has 0 atom stereocenters. The third-order valence-electron chi connectivity index (χ3n) is 5.43. The van der Waals surface area contributed by atoms with E-state index in [9.17, 15) is 9.59 Å². The minimum atomic E-state index is -0.266. The molecule has 1 aliphatic heterocycles. The van der Waals surface area contributed by atoms with Crippen molar-refractivity contribution in [2.24, 2.45) is 0 Å². The van der Waals surface area contributed by atoms with Crippen molar-refractivity contribution in [3.8, 4) is 11.5 Å². The van der Waals surface area contributed by atoms with E-state index in [2.05, 4.69) is 11.0 Å². The second kappa shape index (κ2) is 10.2. The van der Waals surface area contributed by atoms with Gasteiger partial charge in [-0.15, -0.1) is 0 Å². The number of esters is 1. The maximum Gasteiger partial charge on any atom is 0.309 e. The molecule has 0 aliphatic carbocycles. The fourth-order valence-electron chi connectivity index (χ4n) is 3.68. The van der Waals surface area contributed by atoms with Crippen molar-refractivity contribution in [1.29, 1.82) is 0 Å². The number of rotatable bonds is 7. The lowest BCUT2D eigenvalue weighted by Crippen LogP contribution is -2.48. The van der Waals surface area contributed by atoms with Crippen LogP contribution in [0.1, 0.15) is 21.7 Å². The quantitative estimate of drug-likeness (QED) is 0.528. The largest absolute Gasteiger partial charge is 0.469 e. The first-order valence-electron chi connectivity index (χ1n) is 10.6. The molecule has 1 aromatic heterocycles. The highest BCUT2D eigenvalue weighted by Gasteiger charge is 2.23. The molecule has 1 saturated heterocycles. The number of methoxy groups -OCH3 is 1. The van der Waals surface area contributed by atoms with Crippen LogP contribution in [0.5, 0.6) is 11.5 Å². The molecule has 0 bridgehead atoms. The van der Waals surface area contributed by atoms with Crippen LogP contribution in [0.25, 0.3) is 0 Å². The van der Waals surface area contributed by atoms with Crippen molar-refractivity contribution in [2.75, 3.05) is 33.3 Å². The molecule has 7 heteroatoms. The van der Waals surface area contributed by atoms with Gasteiger partial charge in [-0.1, -0.05) is 24.3 Å². The predicted octanol–water partition coefficient (Wildman–Crippen LogP) is 3.75. The van der Waals surface area contributed by atoms with Gasteiger partial charge in [-0.05, 0) is 47.5 Å². The maximum absolute atomic E-state index is 12.4. The number of piperazine rings is 1. The molecule has 7 nitrogen and oxygen atoms in total. The second-order valence-corrected chi connectivity index (χ2v) is 7.69. The monoisotopic (exact) mass is 434 g/mol. The lowest BCUT2D eigenvalue weighted by Gasteiger charge is -2.34. The van der Waals surface area contributed by atoms with Crippen molar-refractivity contribution >= 4 is 11.9 Å². The van der Waals surface area contributed by atoms with Gasteiger partial charge < -0.3 is 18.8 Å². The van der Waals surface area contributed by atoms with Gasteiger partial charge in [0.25, 0.3) is 5.91 Å². The average molecular weight is 434 g/mol. The molecule has 1 fully saturated rings. The SMILES string of the molecule is COC(=O)Cc1ccc(Oc2cccc(CN3CCN(C(=O)c4ccco4)CC3)c2)cc1. The fourth-order valence-corrected chi connectivity index (χ4v) is 3.68. The molecule has 2 aromatic carbocycles. The third-order valence-corrected chi connectivity index (χ3v) is 5.43. The number of nitrogens with zero attached hydrogens (tertiary/aromatic N) is 2. The molecule has 0 N–H and O–H groups in total. The molecule has 0 unspecified atom stereocenters. The molecule has 32 heavy (non-hydrogen) atoms. The Morgan fingerprint density at radius 1 is 0.906 bits per heavy atom. The maximum atomic E-state index is 12.4. The molecular formula is C25H26N2O5. The minimum Gasteiger partial charge on any atom is -0.469 e. The molecular weight excluding hydrogens is 408 g/mol. The van der Waals surface area contributed by atoms with Crippen LogP contribution in [-0.4, -0.2) is 55.0 Å². The summed E-state index contributed by atoms with van der Waals surface area (Å²) in [5.41, 5.74) is 2.03. The predicted molar refractivity (Wildman–Crippen MR) is 119 cm³/mol. The van der Waals surface area contributed by atoms with Crippen LogP contribution in [-0.2, 0) is 22.5 Å². The van der Waals surface area contributed by atoms with E-state index in [0.717, 1.165) is 36.5 Å². The molecule has 1 aliphatic rings. The van der Waals surface area contributed by atoms with E-state index >= 15 is 0 Å². The van der Waals surface area contributed by atoms with Crippen LogP contribution in [0.3, 0.4) is 0 Å². The van der Waals surface area contributed by atoms with Crippen molar-refractivity contribution < 1.29 is 23.5 Å². The summed E-state index contributed by atoms with van der Waals surface area (Å²) in [4.78, 5) is 27.9. The summed E-state index contributed by atoms with van der Waals surface area (Å²) >= 11 is 0. The molecule has 3 aromatic rings. The average Bonchev–Trinajstić information content (AvgIpc) is 3.36. The van der Waals surface area contributed by atoms with Crippen molar-refractivity contribution in [3.05, 3.63) is 83.8 Å². The summed E-state index contributed by atoms with van der Waals surface area (Å²) in [5, 5.41) is 0. The van der Waals surface area contributed by atoms with Crippen LogP contribution in [0, 0.1) is 0 Å². The number of furan rings is 1. The zero-order valence-corrected chi connectivity index (χ0v) is 18.0. The lowest BCUT2D eigenvalue weighted by atomic mass is 10.1. The van der Waals surface area contributed by atoms with Crippen molar-refractivity contribution in [1.82, 2.24) is 9.80 Å². The highest BCUT2D eigenvalue weighted by atomic mass is 16.5. The summed E-state index contributed by atoms with van der Waals surface area (Å²) in [7, 11) is 1.38. The molecule has 0 spiro atoms. The first-order chi connectivity index (χ1) is 15.6. The van der Waals surface area contributed by atoms with Crippen LogP contribution in [0.4, 0.5) is 0 Å². The summed E-state index contributed by atoms with van der Waals surface area (Å²) in [6.07, 6.45) is 1.77. The van der Waals surface area contributed by atoms with E-state index in [1.54, 1.807) is 12.1 Å². The Bertz CT molecular complexity index is 1040. The van der Waals surface area contributed by atoms with Gasteiger partial charge in [-0.2, -0.15) is 0 Å². The number of carbonyl (C=O) groups is 2. The smallest absolute Gasteiger partial charge is 0.309 e. The van der Waals surface area contributed by atoms with E-state index in [1.165, 1.54) is 13.4 Å². The summed E-state index contributed by atoms with van der Waals surface area (Å²) < 4.78 is 15.9. The Morgan fingerprint density at radius 3 is 2.38 bits per heavy atom. The normalized spacial score (nSPS) is 14.2. The number of amides is 1. The summed E-state index contributed by atoms with van der Waals surface area (Å²) in [5.74, 6) is 1.54.